The van der Waals surface area contributed by atoms with Crippen LogP contribution in [0.1, 0.15) is 38.3 Å². The van der Waals surface area contributed by atoms with Crippen molar-refractivity contribution in [2.45, 2.75) is 46.4 Å². The molecule has 0 spiro atoms. The molecule has 0 bridgehead atoms. The van der Waals surface area contributed by atoms with E-state index in [2.05, 4.69) is 19.2 Å². The van der Waals surface area contributed by atoms with Crippen LogP contribution in [0.3, 0.4) is 0 Å². The summed E-state index contributed by atoms with van der Waals surface area (Å²) in [7, 11) is 0. The summed E-state index contributed by atoms with van der Waals surface area (Å²) in [6, 6.07) is 10.8. The molecule has 2 rings (SSSR count). The summed E-state index contributed by atoms with van der Waals surface area (Å²) in [4.78, 5) is 0. The summed E-state index contributed by atoms with van der Waals surface area (Å²) in [5.41, 5.74) is 1.45. The third-order valence-electron chi connectivity index (χ3n) is 4.01. The molecule has 1 unspecified atom stereocenters. The molecule has 0 aromatic heterocycles. The van der Waals surface area contributed by atoms with Gasteiger partial charge in [0, 0.05) is 18.2 Å². The highest BCUT2D eigenvalue weighted by Gasteiger charge is 2.11. The predicted molar refractivity (Wildman–Crippen MR) is 99.9 cm³/mol. The number of benzene rings is 2. The fraction of sp³-hybridized carbons (Fsp3) is 0.400. The molecule has 0 aliphatic heterocycles. The average Bonchev–Trinajstić information content (AvgIpc) is 2.60. The molecule has 3 nitrogen and oxygen atoms in total. The third-order valence-corrected chi connectivity index (χ3v) is 4.36. The van der Waals surface area contributed by atoms with Crippen molar-refractivity contribution < 1.29 is 13.9 Å². The van der Waals surface area contributed by atoms with E-state index < -0.39 is 0 Å². The van der Waals surface area contributed by atoms with Crippen LogP contribution in [-0.2, 0) is 13.2 Å². The Morgan fingerprint density at radius 2 is 1.92 bits per heavy atom. The van der Waals surface area contributed by atoms with Gasteiger partial charge in [0.15, 0.2) is 11.5 Å². The Bertz CT molecular complexity index is 673. The van der Waals surface area contributed by atoms with Gasteiger partial charge in [0.2, 0.25) is 0 Å². The molecular formula is C20H25ClFNO2. The molecule has 0 aliphatic carbocycles. The van der Waals surface area contributed by atoms with Gasteiger partial charge < -0.3 is 14.8 Å². The molecule has 2 aromatic carbocycles. The maximum Gasteiger partial charge on any atom is 0.161 e. The SMILES string of the molecule is CCOc1cc(CNC(C)CC)ccc1OCc1c(F)cccc1Cl. The van der Waals surface area contributed by atoms with Crippen molar-refractivity contribution in [2.75, 3.05) is 6.61 Å². The number of hydrogen-bond acceptors (Lipinski definition) is 3. The van der Waals surface area contributed by atoms with Crippen LogP contribution < -0.4 is 14.8 Å². The molecule has 0 saturated carbocycles. The molecule has 25 heavy (non-hydrogen) atoms. The van der Waals surface area contributed by atoms with Crippen LogP contribution in [0.4, 0.5) is 4.39 Å². The highest BCUT2D eigenvalue weighted by Crippen LogP contribution is 2.30. The van der Waals surface area contributed by atoms with Crippen LogP contribution in [0.2, 0.25) is 5.02 Å². The minimum atomic E-state index is -0.375. The van der Waals surface area contributed by atoms with Crippen LogP contribution in [0.25, 0.3) is 0 Å². The molecular weight excluding hydrogens is 341 g/mol. The zero-order valence-corrected chi connectivity index (χ0v) is 15.7. The highest BCUT2D eigenvalue weighted by molar-refractivity contribution is 6.31. The van der Waals surface area contributed by atoms with Gasteiger partial charge in [0.05, 0.1) is 11.6 Å². The Hall–Kier alpha value is -1.78. The van der Waals surface area contributed by atoms with Crippen LogP contribution in [-0.4, -0.2) is 12.6 Å². The van der Waals surface area contributed by atoms with Crippen molar-refractivity contribution in [3.8, 4) is 11.5 Å². The molecule has 5 heteroatoms. The van der Waals surface area contributed by atoms with Gasteiger partial charge in [-0.25, -0.2) is 4.39 Å². The van der Waals surface area contributed by atoms with E-state index in [0.717, 1.165) is 18.5 Å². The van der Waals surface area contributed by atoms with Gasteiger partial charge >= 0.3 is 0 Å². The molecule has 0 heterocycles. The van der Waals surface area contributed by atoms with Gasteiger partial charge in [0.25, 0.3) is 0 Å². The lowest BCUT2D eigenvalue weighted by Crippen LogP contribution is -2.24. The molecule has 136 valence electrons. The fourth-order valence-electron chi connectivity index (χ4n) is 2.31. The maximum atomic E-state index is 13.9. The van der Waals surface area contributed by atoms with E-state index in [4.69, 9.17) is 21.1 Å². The van der Waals surface area contributed by atoms with E-state index >= 15 is 0 Å². The van der Waals surface area contributed by atoms with E-state index in [1.54, 1.807) is 12.1 Å². The van der Waals surface area contributed by atoms with Gasteiger partial charge in [-0.15, -0.1) is 0 Å². The first-order chi connectivity index (χ1) is 12.0. The molecule has 1 atom stereocenters. The van der Waals surface area contributed by atoms with Gasteiger partial charge in [-0.3, -0.25) is 0 Å². The first kappa shape index (κ1) is 19.5. The van der Waals surface area contributed by atoms with Crippen molar-refractivity contribution in [1.29, 1.82) is 0 Å². The van der Waals surface area contributed by atoms with Crippen molar-refractivity contribution in [2.24, 2.45) is 0 Å². The van der Waals surface area contributed by atoms with Crippen LogP contribution in [0, 0.1) is 5.82 Å². The van der Waals surface area contributed by atoms with Crippen molar-refractivity contribution in [3.63, 3.8) is 0 Å². The quantitative estimate of drug-likeness (QED) is 0.650. The molecule has 0 fully saturated rings. The lowest BCUT2D eigenvalue weighted by atomic mass is 10.1. The number of nitrogens with one attached hydrogen (secondary N) is 1. The monoisotopic (exact) mass is 365 g/mol. The normalized spacial score (nSPS) is 12.0. The molecule has 0 amide bonds. The maximum absolute atomic E-state index is 13.9. The van der Waals surface area contributed by atoms with Gasteiger partial charge in [-0.1, -0.05) is 30.7 Å². The Morgan fingerprint density at radius 3 is 2.60 bits per heavy atom. The van der Waals surface area contributed by atoms with Crippen LogP contribution in [0.15, 0.2) is 36.4 Å². The van der Waals surface area contributed by atoms with E-state index in [1.165, 1.54) is 6.07 Å². The minimum absolute atomic E-state index is 0.0516. The third kappa shape index (κ3) is 5.62. The zero-order chi connectivity index (χ0) is 18.2. The standard InChI is InChI=1S/C20H25ClFNO2/c1-4-14(3)23-12-15-9-10-19(20(11-15)24-5-2)25-13-16-17(21)7-6-8-18(16)22/h6-11,14,23H,4-5,12-13H2,1-3H3. The molecule has 2 aromatic rings. The summed E-state index contributed by atoms with van der Waals surface area (Å²) in [6.07, 6.45) is 1.07. The number of halogens is 2. The number of hydrogen-bond donors (Lipinski definition) is 1. The largest absolute Gasteiger partial charge is 0.490 e. The van der Waals surface area contributed by atoms with E-state index in [9.17, 15) is 4.39 Å². The average molecular weight is 366 g/mol. The Balaban J connectivity index is 2.11. The summed E-state index contributed by atoms with van der Waals surface area (Å²) < 4.78 is 25.3. The van der Waals surface area contributed by atoms with E-state index in [1.807, 2.05) is 25.1 Å². The summed E-state index contributed by atoms with van der Waals surface area (Å²) in [5.74, 6) is 0.853. The van der Waals surface area contributed by atoms with Gasteiger partial charge in [-0.2, -0.15) is 0 Å². The zero-order valence-electron chi connectivity index (χ0n) is 14.9. The van der Waals surface area contributed by atoms with Crippen LogP contribution >= 0.6 is 11.6 Å². The molecule has 0 aliphatic rings. The second kappa shape index (κ2) is 9.64. The summed E-state index contributed by atoms with van der Waals surface area (Å²) in [5, 5.41) is 3.80. The topological polar surface area (TPSA) is 30.5 Å². The first-order valence-electron chi connectivity index (χ1n) is 8.59. The predicted octanol–water partition coefficient (Wildman–Crippen LogP) is 5.34. The Morgan fingerprint density at radius 1 is 1.12 bits per heavy atom. The minimum Gasteiger partial charge on any atom is -0.490 e. The molecule has 0 saturated heterocycles. The Labute approximate surface area is 154 Å². The number of rotatable bonds is 9. The molecule has 0 radical (unpaired) electrons. The fourth-order valence-corrected chi connectivity index (χ4v) is 2.52. The van der Waals surface area contributed by atoms with Crippen molar-refractivity contribution in [3.05, 3.63) is 58.4 Å². The highest BCUT2D eigenvalue weighted by atomic mass is 35.5. The van der Waals surface area contributed by atoms with Crippen molar-refractivity contribution in [1.82, 2.24) is 5.32 Å². The van der Waals surface area contributed by atoms with Gasteiger partial charge in [-0.05, 0) is 50.1 Å². The van der Waals surface area contributed by atoms with Gasteiger partial charge in [0.1, 0.15) is 12.4 Å². The smallest absolute Gasteiger partial charge is 0.161 e. The summed E-state index contributed by atoms with van der Waals surface area (Å²) >= 11 is 6.05. The lowest BCUT2D eigenvalue weighted by Gasteiger charge is -2.16. The van der Waals surface area contributed by atoms with E-state index in [0.29, 0.717) is 34.7 Å². The first-order valence-corrected chi connectivity index (χ1v) is 8.97. The van der Waals surface area contributed by atoms with Crippen LogP contribution in [0.5, 0.6) is 11.5 Å². The second-order valence-electron chi connectivity index (χ2n) is 5.89. The molecule has 1 N–H and O–H groups in total. The van der Waals surface area contributed by atoms with Crippen molar-refractivity contribution >= 4 is 11.6 Å². The lowest BCUT2D eigenvalue weighted by molar-refractivity contribution is 0.265. The number of ether oxygens (including phenoxy) is 2. The van der Waals surface area contributed by atoms with E-state index in [-0.39, 0.29) is 12.4 Å². The Kier molecular flexibility index (Phi) is 7.53. The summed E-state index contributed by atoms with van der Waals surface area (Å²) in [6.45, 7) is 7.55. The second-order valence-corrected chi connectivity index (χ2v) is 6.30.